The van der Waals surface area contributed by atoms with Gasteiger partial charge in [0.2, 0.25) is 0 Å². The van der Waals surface area contributed by atoms with Crippen molar-refractivity contribution < 1.29 is 41.0 Å². The lowest BCUT2D eigenvalue weighted by Crippen LogP contribution is -2.37. The quantitative estimate of drug-likeness (QED) is 0.343. The SMILES string of the molecule is COc1cc(NC(C(=O)N2CCc3cc(C)c(C(F)(F)F)cc32)c2ccc(Cl)cc2OCCO)cc(S(C)(=O)=O)c1. The molecular weight excluding hydrogens is 585 g/mol. The highest BCUT2D eigenvalue weighted by atomic mass is 35.5. The lowest BCUT2D eigenvalue weighted by Gasteiger charge is -2.28. The van der Waals surface area contributed by atoms with Crippen LogP contribution in [0.3, 0.4) is 0 Å². The summed E-state index contributed by atoms with van der Waals surface area (Å²) >= 11 is 6.17. The molecule has 1 amide bonds. The summed E-state index contributed by atoms with van der Waals surface area (Å²) in [6.07, 6.45) is -3.24. The van der Waals surface area contributed by atoms with Crippen molar-refractivity contribution in [3.8, 4) is 11.5 Å². The van der Waals surface area contributed by atoms with E-state index in [-0.39, 0.29) is 63.7 Å². The first-order valence-corrected chi connectivity index (χ1v) is 14.7. The molecule has 4 rings (SSSR count). The molecule has 1 aliphatic rings. The molecule has 8 nitrogen and oxygen atoms in total. The molecule has 0 aliphatic carbocycles. The van der Waals surface area contributed by atoms with Gasteiger partial charge in [0, 0.05) is 40.8 Å². The van der Waals surface area contributed by atoms with Gasteiger partial charge in [0.15, 0.2) is 9.84 Å². The molecule has 0 bridgehead atoms. The largest absolute Gasteiger partial charge is 0.497 e. The molecule has 0 radical (unpaired) electrons. The molecule has 2 N–H and O–H groups in total. The number of benzene rings is 3. The maximum atomic E-state index is 14.2. The van der Waals surface area contributed by atoms with E-state index in [2.05, 4.69) is 5.32 Å². The maximum absolute atomic E-state index is 14.2. The van der Waals surface area contributed by atoms with Crippen molar-refractivity contribution >= 4 is 38.7 Å². The van der Waals surface area contributed by atoms with Gasteiger partial charge >= 0.3 is 6.18 Å². The number of carbonyl (C=O) groups excluding carboxylic acids is 1. The van der Waals surface area contributed by atoms with Crippen molar-refractivity contribution in [3.05, 3.63) is 75.8 Å². The summed E-state index contributed by atoms with van der Waals surface area (Å²) in [6.45, 7) is 1.05. The zero-order valence-electron chi connectivity index (χ0n) is 22.4. The number of nitrogens with one attached hydrogen (secondary N) is 1. The Hall–Kier alpha value is -3.48. The highest BCUT2D eigenvalue weighted by Gasteiger charge is 2.38. The number of rotatable bonds is 9. The number of methoxy groups -OCH3 is 1. The minimum Gasteiger partial charge on any atom is -0.497 e. The molecule has 220 valence electrons. The van der Waals surface area contributed by atoms with Crippen molar-refractivity contribution in [2.45, 2.75) is 30.5 Å². The number of sulfone groups is 1. The lowest BCUT2D eigenvalue weighted by atomic mass is 10.0. The van der Waals surface area contributed by atoms with Crippen LogP contribution >= 0.6 is 11.6 Å². The van der Waals surface area contributed by atoms with Crippen molar-refractivity contribution in [2.24, 2.45) is 0 Å². The fraction of sp³-hybridized carbons (Fsp3) is 0.321. The van der Waals surface area contributed by atoms with E-state index in [0.717, 1.165) is 12.3 Å². The molecule has 0 saturated carbocycles. The molecule has 13 heteroatoms. The highest BCUT2D eigenvalue weighted by Crippen LogP contribution is 2.41. The van der Waals surface area contributed by atoms with Gasteiger partial charge in [-0.2, -0.15) is 13.2 Å². The first-order valence-electron chi connectivity index (χ1n) is 12.4. The van der Waals surface area contributed by atoms with E-state index >= 15 is 0 Å². The zero-order valence-corrected chi connectivity index (χ0v) is 24.0. The Bertz CT molecular complexity index is 1580. The summed E-state index contributed by atoms with van der Waals surface area (Å²) < 4.78 is 76.8. The number of hydrogen-bond acceptors (Lipinski definition) is 7. The van der Waals surface area contributed by atoms with E-state index in [1.54, 1.807) is 0 Å². The first-order chi connectivity index (χ1) is 19.2. The second-order valence-corrected chi connectivity index (χ2v) is 12.0. The molecule has 1 atom stereocenters. The Balaban J connectivity index is 1.85. The molecular formula is C28H28ClF3N2O6S. The number of hydrogen-bond donors (Lipinski definition) is 2. The van der Waals surface area contributed by atoms with Crippen LogP contribution in [0.15, 0.2) is 53.4 Å². The lowest BCUT2D eigenvalue weighted by molar-refractivity contribution is -0.138. The second-order valence-electron chi connectivity index (χ2n) is 9.53. The number of nitrogens with zero attached hydrogens (tertiary/aromatic N) is 1. The van der Waals surface area contributed by atoms with Crippen LogP contribution in [-0.2, 0) is 27.2 Å². The first kappa shape index (κ1) is 30.5. The minimum atomic E-state index is -4.61. The third-order valence-electron chi connectivity index (χ3n) is 6.63. The molecule has 0 fully saturated rings. The van der Waals surface area contributed by atoms with Crippen LogP contribution < -0.4 is 19.7 Å². The van der Waals surface area contributed by atoms with Gasteiger partial charge in [0.05, 0.1) is 24.2 Å². The topological polar surface area (TPSA) is 105 Å². The van der Waals surface area contributed by atoms with Gasteiger partial charge in [-0.3, -0.25) is 4.79 Å². The number of halogens is 4. The monoisotopic (exact) mass is 612 g/mol. The number of carbonyl (C=O) groups is 1. The van der Waals surface area contributed by atoms with E-state index < -0.39 is 33.5 Å². The van der Waals surface area contributed by atoms with Crippen molar-refractivity contribution in [3.63, 3.8) is 0 Å². The number of aliphatic hydroxyl groups is 1. The molecule has 0 spiro atoms. The number of anilines is 2. The predicted octanol–water partition coefficient (Wildman–Crippen LogP) is 5.19. The van der Waals surface area contributed by atoms with Crippen molar-refractivity contribution in [1.29, 1.82) is 0 Å². The maximum Gasteiger partial charge on any atom is 0.416 e. The molecule has 41 heavy (non-hydrogen) atoms. The highest BCUT2D eigenvalue weighted by molar-refractivity contribution is 7.90. The predicted molar refractivity (Wildman–Crippen MR) is 149 cm³/mol. The van der Waals surface area contributed by atoms with Crippen LogP contribution in [0.2, 0.25) is 5.02 Å². The summed E-state index contributed by atoms with van der Waals surface area (Å²) in [5.74, 6) is -0.255. The number of ether oxygens (including phenoxy) is 2. The fourth-order valence-electron chi connectivity index (χ4n) is 4.70. The summed E-state index contributed by atoms with van der Waals surface area (Å²) in [5.41, 5.74) is 0.413. The third kappa shape index (κ3) is 6.71. The molecule has 1 heterocycles. The Morgan fingerprint density at radius 3 is 2.54 bits per heavy atom. The molecule has 3 aromatic carbocycles. The van der Waals surface area contributed by atoms with E-state index in [9.17, 15) is 31.5 Å². The Kier molecular flexibility index (Phi) is 8.76. The molecule has 0 saturated heterocycles. The summed E-state index contributed by atoms with van der Waals surface area (Å²) in [4.78, 5) is 15.4. The van der Waals surface area contributed by atoms with Crippen molar-refractivity contribution in [1.82, 2.24) is 0 Å². The van der Waals surface area contributed by atoms with E-state index in [0.29, 0.717) is 12.0 Å². The van der Waals surface area contributed by atoms with Crippen LogP contribution in [0, 0.1) is 6.92 Å². The standard InChI is InChI=1S/C28H28ClF3N2O6S/c1-16-10-17-6-7-34(24(17)15-23(16)28(30,31)32)27(36)26(22-5-4-18(29)11-25(22)40-9-8-35)33-19-12-20(39-2)14-21(13-19)41(3,37)38/h4-5,10-15,26,33,35H,6-9H2,1-3H3. The number of alkyl halides is 3. The van der Waals surface area contributed by atoms with Gasteiger partial charge in [-0.05, 0) is 54.8 Å². The number of amides is 1. The Labute approximate surface area is 240 Å². The van der Waals surface area contributed by atoms with E-state index in [4.69, 9.17) is 21.1 Å². The summed E-state index contributed by atoms with van der Waals surface area (Å²) in [5, 5.41) is 12.6. The molecule has 0 aromatic heterocycles. The average Bonchev–Trinajstić information content (AvgIpc) is 3.31. The Morgan fingerprint density at radius 2 is 1.90 bits per heavy atom. The number of aliphatic hydroxyl groups excluding tert-OH is 1. The number of fused-ring (bicyclic) bond motifs is 1. The van der Waals surface area contributed by atoms with Crippen LogP contribution in [0.25, 0.3) is 0 Å². The number of aryl methyl sites for hydroxylation is 1. The minimum absolute atomic E-state index is 0.0577. The van der Waals surface area contributed by atoms with E-state index in [1.165, 1.54) is 61.4 Å². The van der Waals surface area contributed by atoms with Crippen LogP contribution in [0.4, 0.5) is 24.5 Å². The van der Waals surface area contributed by atoms with Gasteiger partial charge in [-0.15, -0.1) is 0 Å². The fourth-order valence-corrected chi connectivity index (χ4v) is 5.54. The van der Waals surface area contributed by atoms with Crippen LogP contribution in [0.1, 0.15) is 28.3 Å². The normalized spacial score (nSPS) is 14.0. The third-order valence-corrected chi connectivity index (χ3v) is 7.96. The van der Waals surface area contributed by atoms with Crippen LogP contribution in [0.5, 0.6) is 11.5 Å². The van der Waals surface area contributed by atoms with E-state index in [1.807, 2.05) is 0 Å². The summed E-state index contributed by atoms with van der Waals surface area (Å²) in [6, 6.07) is 9.78. The van der Waals surface area contributed by atoms with Crippen LogP contribution in [-0.4, -0.2) is 52.6 Å². The van der Waals surface area contributed by atoms with Gasteiger partial charge in [-0.1, -0.05) is 23.7 Å². The van der Waals surface area contributed by atoms with Gasteiger partial charge in [-0.25, -0.2) is 8.42 Å². The van der Waals surface area contributed by atoms with Gasteiger partial charge in [0.25, 0.3) is 5.91 Å². The smallest absolute Gasteiger partial charge is 0.416 e. The molecule has 3 aromatic rings. The average molecular weight is 613 g/mol. The van der Waals surface area contributed by atoms with Gasteiger partial charge in [0.1, 0.15) is 24.1 Å². The van der Waals surface area contributed by atoms with Gasteiger partial charge < -0.3 is 24.8 Å². The molecule has 1 unspecified atom stereocenters. The second kappa shape index (κ2) is 11.8. The Morgan fingerprint density at radius 1 is 1.17 bits per heavy atom. The van der Waals surface area contributed by atoms with Crippen molar-refractivity contribution in [2.75, 3.05) is 43.3 Å². The summed E-state index contributed by atoms with van der Waals surface area (Å²) in [7, 11) is -2.32. The molecule has 1 aliphatic heterocycles. The zero-order chi connectivity index (χ0) is 30.1.